The summed E-state index contributed by atoms with van der Waals surface area (Å²) < 4.78 is 10.5. The molecular formula is C31H29NO6. The molecule has 1 heterocycles. The summed E-state index contributed by atoms with van der Waals surface area (Å²) >= 11 is 0. The van der Waals surface area contributed by atoms with E-state index in [9.17, 15) is 19.5 Å². The van der Waals surface area contributed by atoms with Crippen LogP contribution in [-0.2, 0) is 27.2 Å². The van der Waals surface area contributed by atoms with Gasteiger partial charge in [0.1, 0.15) is 11.5 Å². The lowest BCUT2D eigenvalue weighted by Crippen LogP contribution is -2.29. The molecular weight excluding hydrogens is 482 g/mol. The average molecular weight is 512 g/mol. The number of anilines is 1. The molecule has 5 rings (SSSR count). The quantitative estimate of drug-likeness (QED) is 0.207. The SMILES string of the molecule is CCOC(=O)c1ccc(N2C(=O)C(=O)/C(=C(\O)c3ccc4c(c3)CCCC4)C2c2cccc(OC)c2)cc1. The summed E-state index contributed by atoms with van der Waals surface area (Å²) in [5.74, 6) is -1.67. The van der Waals surface area contributed by atoms with Gasteiger partial charge in [-0.15, -0.1) is 0 Å². The third-order valence-corrected chi connectivity index (χ3v) is 7.13. The van der Waals surface area contributed by atoms with E-state index in [-0.39, 0.29) is 17.9 Å². The fraction of sp³-hybridized carbons (Fsp3) is 0.258. The zero-order chi connectivity index (χ0) is 26.8. The summed E-state index contributed by atoms with van der Waals surface area (Å²) in [5.41, 5.74) is 4.28. The number of hydrogen-bond acceptors (Lipinski definition) is 6. The second kappa shape index (κ2) is 10.5. The van der Waals surface area contributed by atoms with Crippen LogP contribution in [0, 0.1) is 0 Å². The predicted molar refractivity (Wildman–Crippen MR) is 143 cm³/mol. The molecule has 194 valence electrons. The number of amides is 1. The van der Waals surface area contributed by atoms with Crippen molar-refractivity contribution in [1.82, 2.24) is 0 Å². The van der Waals surface area contributed by atoms with Crippen molar-refractivity contribution < 1.29 is 29.0 Å². The van der Waals surface area contributed by atoms with Gasteiger partial charge in [-0.2, -0.15) is 0 Å². The van der Waals surface area contributed by atoms with Gasteiger partial charge in [0.2, 0.25) is 0 Å². The molecule has 1 aliphatic heterocycles. The Morgan fingerprint density at radius 2 is 1.66 bits per heavy atom. The van der Waals surface area contributed by atoms with Crippen LogP contribution < -0.4 is 9.64 Å². The number of hydrogen-bond donors (Lipinski definition) is 1. The number of nitrogens with zero attached hydrogens (tertiary/aromatic N) is 1. The molecule has 1 N–H and O–H groups in total. The molecule has 7 heteroatoms. The van der Waals surface area contributed by atoms with Gasteiger partial charge in [0.25, 0.3) is 11.7 Å². The van der Waals surface area contributed by atoms with E-state index in [0.29, 0.717) is 28.1 Å². The predicted octanol–water partition coefficient (Wildman–Crippen LogP) is 5.38. The number of carbonyl (C=O) groups is 3. The van der Waals surface area contributed by atoms with E-state index in [0.717, 1.165) is 31.2 Å². The maximum absolute atomic E-state index is 13.5. The minimum atomic E-state index is -0.894. The summed E-state index contributed by atoms with van der Waals surface area (Å²) in [6.45, 7) is 1.97. The largest absolute Gasteiger partial charge is 0.507 e. The van der Waals surface area contributed by atoms with Crippen molar-refractivity contribution >= 4 is 29.1 Å². The van der Waals surface area contributed by atoms with E-state index in [1.165, 1.54) is 17.6 Å². The Morgan fingerprint density at radius 3 is 2.37 bits per heavy atom. The van der Waals surface area contributed by atoms with Gasteiger partial charge in [0.05, 0.1) is 30.9 Å². The number of Topliss-reactive ketones (excluding diaryl/α,β-unsaturated/α-hetero) is 1. The highest BCUT2D eigenvalue weighted by atomic mass is 16.5. The van der Waals surface area contributed by atoms with Gasteiger partial charge in [-0.25, -0.2) is 4.79 Å². The molecule has 38 heavy (non-hydrogen) atoms. The van der Waals surface area contributed by atoms with E-state index in [2.05, 4.69) is 0 Å². The minimum Gasteiger partial charge on any atom is -0.507 e. The van der Waals surface area contributed by atoms with Crippen molar-refractivity contribution in [3.05, 3.63) is 100 Å². The molecule has 1 saturated heterocycles. The van der Waals surface area contributed by atoms with Crippen molar-refractivity contribution in [3.8, 4) is 5.75 Å². The highest BCUT2D eigenvalue weighted by Crippen LogP contribution is 2.43. The van der Waals surface area contributed by atoms with Gasteiger partial charge in [-0.3, -0.25) is 14.5 Å². The van der Waals surface area contributed by atoms with Crippen LogP contribution in [0.1, 0.15) is 58.4 Å². The van der Waals surface area contributed by atoms with Crippen LogP contribution in [0.5, 0.6) is 5.75 Å². The molecule has 0 bridgehead atoms. The molecule has 3 aromatic rings. The molecule has 0 aromatic heterocycles. The first-order valence-electron chi connectivity index (χ1n) is 12.8. The average Bonchev–Trinajstić information content (AvgIpc) is 3.22. The van der Waals surface area contributed by atoms with E-state index in [4.69, 9.17) is 9.47 Å². The number of fused-ring (bicyclic) bond motifs is 1. The number of carbonyl (C=O) groups excluding carboxylic acids is 3. The topological polar surface area (TPSA) is 93.1 Å². The Labute approximate surface area is 221 Å². The summed E-state index contributed by atoms with van der Waals surface area (Å²) in [7, 11) is 1.54. The number of aryl methyl sites for hydroxylation is 2. The molecule has 1 amide bonds. The number of ketones is 1. The molecule has 3 aromatic carbocycles. The van der Waals surface area contributed by atoms with E-state index in [1.54, 1.807) is 55.5 Å². The summed E-state index contributed by atoms with van der Waals surface area (Å²) in [4.78, 5) is 40.4. The fourth-order valence-corrected chi connectivity index (χ4v) is 5.23. The molecule has 0 saturated carbocycles. The molecule has 2 aliphatic rings. The number of ether oxygens (including phenoxy) is 2. The van der Waals surface area contributed by atoms with Gasteiger partial charge >= 0.3 is 5.97 Å². The smallest absolute Gasteiger partial charge is 0.338 e. The zero-order valence-corrected chi connectivity index (χ0v) is 21.4. The zero-order valence-electron chi connectivity index (χ0n) is 21.4. The Morgan fingerprint density at radius 1 is 0.947 bits per heavy atom. The number of benzene rings is 3. The molecule has 0 spiro atoms. The second-order valence-electron chi connectivity index (χ2n) is 9.40. The number of esters is 1. The molecule has 1 atom stereocenters. The standard InChI is InChI=1S/C31H29NO6/c1-3-38-31(36)20-13-15-24(16-14-20)32-27(22-9-6-10-25(18-22)37-2)26(29(34)30(32)35)28(33)23-12-11-19-7-4-5-8-21(19)17-23/h6,9-18,27,33H,3-5,7-8H2,1-2H3/b28-26-. The monoisotopic (exact) mass is 511 g/mol. The third-order valence-electron chi connectivity index (χ3n) is 7.13. The molecule has 7 nitrogen and oxygen atoms in total. The van der Waals surface area contributed by atoms with Crippen molar-refractivity contribution in [2.45, 2.75) is 38.6 Å². The summed E-state index contributed by atoms with van der Waals surface area (Å²) in [6.07, 6.45) is 4.12. The van der Waals surface area contributed by atoms with Crippen molar-refractivity contribution in [3.63, 3.8) is 0 Å². The van der Waals surface area contributed by atoms with Crippen LogP contribution in [0.3, 0.4) is 0 Å². The number of rotatable bonds is 6. The van der Waals surface area contributed by atoms with Crippen LogP contribution >= 0.6 is 0 Å². The number of methoxy groups -OCH3 is 1. The highest BCUT2D eigenvalue weighted by Gasteiger charge is 2.47. The molecule has 1 unspecified atom stereocenters. The Kier molecular flexibility index (Phi) is 7.01. The Bertz CT molecular complexity index is 1440. The van der Waals surface area contributed by atoms with Crippen LogP contribution in [0.25, 0.3) is 5.76 Å². The van der Waals surface area contributed by atoms with Crippen molar-refractivity contribution in [1.29, 1.82) is 0 Å². The van der Waals surface area contributed by atoms with Crippen molar-refractivity contribution in [2.24, 2.45) is 0 Å². The third kappa shape index (κ3) is 4.56. The lowest BCUT2D eigenvalue weighted by Gasteiger charge is -2.26. The van der Waals surface area contributed by atoms with E-state index < -0.39 is 23.7 Å². The normalized spacial score (nSPS) is 18.3. The van der Waals surface area contributed by atoms with Crippen molar-refractivity contribution in [2.75, 3.05) is 18.6 Å². The lowest BCUT2D eigenvalue weighted by atomic mass is 9.88. The minimum absolute atomic E-state index is 0.00785. The van der Waals surface area contributed by atoms with Crippen LogP contribution in [0.4, 0.5) is 5.69 Å². The van der Waals surface area contributed by atoms with Gasteiger partial charge in [0, 0.05) is 11.3 Å². The van der Waals surface area contributed by atoms with E-state index >= 15 is 0 Å². The molecule has 0 radical (unpaired) electrons. The molecule has 1 fully saturated rings. The number of aliphatic hydroxyl groups is 1. The first-order valence-corrected chi connectivity index (χ1v) is 12.8. The van der Waals surface area contributed by atoms with Gasteiger partial charge in [-0.05, 0) is 91.8 Å². The highest BCUT2D eigenvalue weighted by molar-refractivity contribution is 6.51. The summed E-state index contributed by atoms with van der Waals surface area (Å²) in [6, 6.07) is 18.2. The Balaban J connectivity index is 1.64. The first-order chi connectivity index (χ1) is 18.4. The fourth-order valence-electron chi connectivity index (χ4n) is 5.23. The van der Waals surface area contributed by atoms with Gasteiger partial charge in [0.15, 0.2) is 0 Å². The first kappa shape index (κ1) is 25.3. The maximum atomic E-state index is 13.5. The maximum Gasteiger partial charge on any atom is 0.338 e. The molecule has 1 aliphatic carbocycles. The van der Waals surface area contributed by atoms with Crippen LogP contribution in [0.2, 0.25) is 0 Å². The van der Waals surface area contributed by atoms with Crippen LogP contribution in [-0.4, -0.2) is 36.5 Å². The number of aliphatic hydroxyl groups excluding tert-OH is 1. The summed E-state index contributed by atoms with van der Waals surface area (Å²) in [5, 5.41) is 11.5. The lowest BCUT2D eigenvalue weighted by molar-refractivity contribution is -0.132. The van der Waals surface area contributed by atoms with E-state index in [1.807, 2.05) is 18.2 Å². The van der Waals surface area contributed by atoms with Crippen LogP contribution in [0.15, 0.2) is 72.3 Å². The van der Waals surface area contributed by atoms with Gasteiger partial charge in [-0.1, -0.05) is 24.3 Å². The second-order valence-corrected chi connectivity index (χ2v) is 9.40. The van der Waals surface area contributed by atoms with Gasteiger partial charge < -0.3 is 14.6 Å². The Hall–Kier alpha value is -4.39.